The second-order valence-corrected chi connectivity index (χ2v) is 10.7. The van der Waals surface area contributed by atoms with Gasteiger partial charge in [0.25, 0.3) is 5.91 Å². The summed E-state index contributed by atoms with van der Waals surface area (Å²) in [6.45, 7) is 3.43. The van der Waals surface area contributed by atoms with E-state index in [9.17, 15) is 14.7 Å². The van der Waals surface area contributed by atoms with Crippen molar-refractivity contribution in [3.63, 3.8) is 0 Å². The van der Waals surface area contributed by atoms with Crippen LogP contribution in [0, 0.1) is 0 Å². The van der Waals surface area contributed by atoms with Gasteiger partial charge in [0.1, 0.15) is 17.7 Å². The van der Waals surface area contributed by atoms with Gasteiger partial charge in [-0.25, -0.2) is 14.3 Å². The van der Waals surface area contributed by atoms with Gasteiger partial charge in [-0.1, -0.05) is 25.1 Å². The van der Waals surface area contributed by atoms with Crippen LogP contribution in [-0.4, -0.2) is 36.4 Å². The number of amides is 2. The molecule has 2 aromatic carbocycles. The molecule has 0 aliphatic carbocycles. The maximum absolute atomic E-state index is 12.6. The first kappa shape index (κ1) is 24.0. The number of para-hydroxylation sites is 1. The van der Waals surface area contributed by atoms with Crippen LogP contribution in [0.5, 0.6) is 0 Å². The van der Waals surface area contributed by atoms with Gasteiger partial charge in [0.05, 0.1) is 27.6 Å². The third kappa shape index (κ3) is 4.72. The Bertz CT molecular complexity index is 1540. The third-order valence-corrected chi connectivity index (χ3v) is 8.09. The molecule has 36 heavy (non-hydrogen) atoms. The molecule has 0 aliphatic heterocycles. The van der Waals surface area contributed by atoms with Crippen molar-refractivity contribution in [1.29, 1.82) is 0 Å². The highest BCUT2D eigenvalue weighted by Gasteiger charge is 2.21. The monoisotopic (exact) mass is 520 g/mol. The van der Waals surface area contributed by atoms with Crippen molar-refractivity contribution in [2.24, 2.45) is 5.73 Å². The molecule has 184 valence electrons. The van der Waals surface area contributed by atoms with E-state index in [0.717, 1.165) is 25.5 Å². The highest BCUT2D eigenvalue weighted by molar-refractivity contribution is 8.03. The Kier molecular flexibility index (Phi) is 6.52. The number of carbonyl (C=O) groups excluding carboxylic acids is 2. The van der Waals surface area contributed by atoms with Crippen molar-refractivity contribution < 1.29 is 14.7 Å². The summed E-state index contributed by atoms with van der Waals surface area (Å²) < 4.78 is 5.21. The zero-order valence-electron chi connectivity index (χ0n) is 19.6. The molecule has 5 aromatic rings. The van der Waals surface area contributed by atoms with E-state index < -0.39 is 12.1 Å². The summed E-state index contributed by atoms with van der Waals surface area (Å²) in [7, 11) is 0. The van der Waals surface area contributed by atoms with E-state index in [1.807, 2.05) is 61.7 Å². The Morgan fingerprint density at radius 2 is 2.06 bits per heavy atom. The molecule has 2 amide bonds. The van der Waals surface area contributed by atoms with Crippen LogP contribution < -0.4 is 10.0 Å². The predicted octanol–water partition coefficient (Wildman–Crippen LogP) is 4.82. The highest BCUT2D eigenvalue weighted by Crippen LogP contribution is 2.36. The smallest absolute Gasteiger partial charge is 0.266 e. The van der Waals surface area contributed by atoms with Crippen molar-refractivity contribution in [3.05, 3.63) is 72.4 Å². The number of anilines is 1. The number of benzene rings is 2. The topological polar surface area (TPSA) is 130 Å². The number of carbonyl (C=O) groups is 2. The number of aromatic nitrogens is 4. The average molecular weight is 521 g/mol. The lowest BCUT2D eigenvalue weighted by molar-refractivity contribution is -0.115. The van der Waals surface area contributed by atoms with Gasteiger partial charge in [-0.05, 0) is 35.7 Å². The largest absolute Gasteiger partial charge is 0.373 e. The lowest BCUT2D eigenvalue weighted by atomic mass is 10.1. The fourth-order valence-electron chi connectivity index (χ4n) is 4.04. The molecule has 4 N–H and O–H groups in total. The molecule has 0 saturated heterocycles. The van der Waals surface area contributed by atoms with Crippen molar-refractivity contribution >= 4 is 61.9 Å². The first-order valence-corrected chi connectivity index (χ1v) is 12.9. The Morgan fingerprint density at radius 1 is 1.25 bits per heavy atom. The number of thiazole rings is 1. The molecule has 0 spiro atoms. The molecule has 5 rings (SSSR count). The van der Waals surface area contributed by atoms with Gasteiger partial charge in [0.15, 0.2) is 4.34 Å². The summed E-state index contributed by atoms with van der Waals surface area (Å²) in [5.41, 5.74) is 7.91. The van der Waals surface area contributed by atoms with Crippen LogP contribution in [0.2, 0.25) is 0 Å². The summed E-state index contributed by atoms with van der Waals surface area (Å²) >= 11 is 2.82. The molecule has 1 unspecified atom stereocenters. The Hall–Kier alpha value is -3.67. The van der Waals surface area contributed by atoms with Gasteiger partial charge in [0, 0.05) is 37.4 Å². The normalized spacial score (nSPS) is 13.2. The van der Waals surface area contributed by atoms with Gasteiger partial charge >= 0.3 is 0 Å². The molecule has 9 nitrogen and oxygen atoms in total. The van der Waals surface area contributed by atoms with E-state index in [4.69, 9.17) is 5.73 Å². The van der Waals surface area contributed by atoms with Crippen LogP contribution in [-0.2, 0) is 4.79 Å². The van der Waals surface area contributed by atoms with Crippen LogP contribution >= 0.6 is 23.3 Å². The molecular formula is C25H24N6O3S2. The predicted molar refractivity (Wildman–Crippen MR) is 142 cm³/mol. The fraction of sp³-hybridized carbons (Fsp3) is 0.200. The molecule has 0 bridgehead atoms. The number of hydrogen-bond acceptors (Lipinski definition) is 7. The molecule has 3 aromatic heterocycles. The number of nitrogens with zero attached hydrogens (tertiary/aromatic N) is 4. The summed E-state index contributed by atoms with van der Waals surface area (Å²) in [5.74, 6) is -0.287. The minimum atomic E-state index is -0.849. The van der Waals surface area contributed by atoms with Gasteiger partial charge in [-0.3, -0.25) is 9.59 Å². The molecule has 11 heteroatoms. The first-order valence-electron chi connectivity index (χ1n) is 11.3. The van der Waals surface area contributed by atoms with Crippen LogP contribution in [0.15, 0.2) is 65.3 Å². The van der Waals surface area contributed by atoms with Crippen LogP contribution in [0.1, 0.15) is 48.7 Å². The van der Waals surface area contributed by atoms with Gasteiger partial charge < -0.3 is 20.4 Å². The molecule has 0 radical (unpaired) electrons. The quantitative estimate of drug-likeness (QED) is 0.252. The number of rotatable bonds is 8. The molecular weight excluding hydrogens is 496 g/mol. The number of hydrogen-bond donors (Lipinski definition) is 3. The van der Waals surface area contributed by atoms with E-state index in [1.165, 1.54) is 36.4 Å². The van der Waals surface area contributed by atoms with Crippen molar-refractivity contribution in [2.75, 3.05) is 4.31 Å². The molecule has 3 heterocycles. The second-order valence-electron chi connectivity index (χ2n) is 8.48. The summed E-state index contributed by atoms with van der Waals surface area (Å²) in [4.78, 5) is 35.7. The Morgan fingerprint density at radius 3 is 2.78 bits per heavy atom. The number of aliphatic hydroxyl groups excluding tert-OH is 1. The van der Waals surface area contributed by atoms with E-state index in [0.29, 0.717) is 17.9 Å². The summed E-state index contributed by atoms with van der Waals surface area (Å²) in [6, 6.07) is 15.5. The third-order valence-electron chi connectivity index (χ3n) is 5.88. The minimum Gasteiger partial charge on any atom is -0.373 e. The van der Waals surface area contributed by atoms with Crippen LogP contribution in [0.4, 0.5) is 5.69 Å². The summed E-state index contributed by atoms with van der Waals surface area (Å²) in [5, 5.41) is 12.0. The van der Waals surface area contributed by atoms with E-state index in [-0.39, 0.29) is 17.5 Å². The zero-order chi connectivity index (χ0) is 25.4. The maximum Gasteiger partial charge on any atom is 0.266 e. The number of primary amides is 1. The number of aromatic amines is 1. The molecule has 0 saturated carbocycles. The van der Waals surface area contributed by atoms with Crippen molar-refractivity contribution in [2.45, 2.75) is 36.8 Å². The Balaban J connectivity index is 1.40. The minimum absolute atomic E-state index is 0.131. The number of fused-ring (bicyclic) bond motifs is 2. The number of aliphatic hydroxyl groups is 1. The van der Waals surface area contributed by atoms with Crippen LogP contribution in [0.3, 0.4) is 0 Å². The van der Waals surface area contributed by atoms with E-state index in [2.05, 4.69) is 15.0 Å². The van der Waals surface area contributed by atoms with Crippen molar-refractivity contribution in [1.82, 2.24) is 19.5 Å². The number of nitrogens with one attached hydrogen (secondary N) is 1. The standard InChI is InChI=1S/C25H24N6O3S2/c1-14(24-27-13-19(28-24)23(26)34)11-22(33)30-10-9-16-7-8-17(12-20(16)30)31(15(2)32)36-25-29-18-5-3-4-6-21(18)35-25/h3-10,12-14,22,33H,11H2,1-2H3,(H2,26,34)(H,27,28)/t14?,22-/m1/s1. The lowest BCUT2D eigenvalue weighted by Crippen LogP contribution is -2.20. The molecule has 2 atom stereocenters. The zero-order valence-corrected chi connectivity index (χ0v) is 21.2. The molecule has 0 fully saturated rings. The molecule has 0 aliphatic rings. The highest BCUT2D eigenvalue weighted by atomic mass is 32.2. The van der Waals surface area contributed by atoms with E-state index >= 15 is 0 Å². The van der Waals surface area contributed by atoms with Gasteiger partial charge in [-0.15, -0.1) is 11.3 Å². The maximum atomic E-state index is 12.6. The fourth-order valence-corrected chi connectivity index (χ4v) is 6.03. The first-order chi connectivity index (χ1) is 17.3. The van der Waals surface area contributed by atoms with Gasteiger partial charge in [-0.2, -0.15) is 0 Å². The van der Waals surface area contributed by atoms with E-state index in [1.54, 1.807) is 8.87 Å². The summed E-state index contributed by atoms with van der Waals surface area (Å²) in [6.07, 6.45) is 2.73. The van der Waals surface area contributed by atoms with Crippen molar-refractivity contribution in [3.8, 4) is 0 Å². The second kappa shape index (κ2) is 9.76. The Labute approximate surface area is 215 Å². The number of nitrogens with two attached hydrogens (primary N) is 1. The van der Waals surface area contributed by atoms with Crippen LogP contribution in [0.25, 0.3) is 21.1 Å². The SMILES string of the molecule is CC(=O)N(Sc1nc2ccccc2s1)c1ccc2ccn([C@H](O)CC(C)c3ncc(C(N)=O)[nH]3)c2c1. The number of H-pyrrole nitrogens is 1. The van der Waals surface area contributed by atoms with Gasteiger partial charge in [0.2, 0.25) is 5.91 Å². The number of imidazole rings is 1. The lowest BCUT2D eigenvalue weighted by Gasteiger charge is -2.20. The average Bonchev–Trinajstić information content (AvgIpc) is 3.59.